The number of nitrogens with one attached hydrogen (secondary N) is 1. The van der Waals surface area contributed by atoms with Crippen LogP contribution in [0.4, 0.5) is 4.39 Å². The van der Waals surface area contributed by atoms with E-state index in [0.29, 0.717) is 5.69 Å². The van der Waals surface area contributed by atoms with Crippen molar-refractivity contribution >= 4 is 28.8 Å². The van der Waals surface area contributed by atoms with Gasteiger partial charge < -0.3 is 5.32 Å². The maximum absolute atomic E-state index is 13.0. The van der Waals surface area contributed by atoms with E-state index in [4.69, 9.17) is 11.6 Å². The fourth-order valence-corrected chi connectivity index (χ4v) is 2.96. The molecule has 1 amide bonds. The summed E-state index contributed by atoms with van der Waals surface area (Å²) in [5.74, 6) is -0.878. The van der Waals surface area contributed by atoms with Gasteiger partial charge in [0.25, 0.3) is 5.91 Å². The lowest BCUT2D eigenvalue weighted by Gasteiger charge is -2.09. The highest BCUT2D eigenvalue weighted by Crippen LogP contribution is 2.22. The highest BCUT2D eigenvalue weighted by atomic mass is 35.5. The van der Waals surface area contributed by atoms with E-state index in [0.717, 1.165) is 17.3 Å². The summed E-state index contributed by atoms with van der Waals surface area (Å²) in [7, 11) is 0. The van der Waals surface area contributed by atoms with Gasteiger partial charge in [0.15, 0.2) is 0 Å². The molecular weight excluding hydrogens is 337 g/mol. The number of carbonyl (C=O) groups excluding carboxylic acids is 1. The quantitative estimate of drug-likeness (QED) is 0.778. The number of benzene rings is 1. The van der Waals surface area contributed by atoms with Gasteiger partial charge >= 0.3 is 0 Å². The first-order valence-electron chi connectivity index (χ1n) is 6.71. The first-order valence-corrected chi connectivity index (χ1v) is 8.03. The number of aromatic nitrogens is 2. The second-order valence-corrected chi connectivity index (χ2v) is 5.86. The Hall–Kier alpha value is -2.31. The molecule has 0 fully saturated rings. The summed E-state index contributed by atoms with van der Waals surface area (Å²) in [5.41, 5.74) is 2.54. The van der Waals surface area contributed by atoms with Crippen molar-refractivity contribution in [3.8, 4) is 11.3 Å². The van der Waals surface area contributed by atoms with E-state index in [2.05, 4.69) is 15.3 Å². The van der Waals surface area contributed by atoms with E-state index in [1.54, 1.807) is 23.7 Å². The lowest BCUT2D eigenvalue weighted by atomic mass is 10.1. The van der Waals surface area contributed by atoms with Crippen LogP contribution in [0.25, 0.3) is 11.3 Å². The Balaban J connectivity index is 1.77. The third kappa shape index (κ3) is 3.55. The van der Waals surface area contributed by atoms with Crippen LogP contribution < -0.4 is 5.32 Å². The Kier molecular flexibility index (Phi) is 4.64. The van der Waals surface area contributed by atoms with Crippen LogP contribution in [0, 0.1) is 5.82 Å². The molecule has 0 unspecified atom stereocenters. The lowest BCUT2D eigenvalue weighted by molar-refractivity contribution is 0.0950. The van der Waals surface area contributed by atoms with Gasteiger partial charge in [-0.25, -0.2) is 4.39 Å². The first kappa shape index (κ1) is 15.6. The molecule has 0 spiro atoms. The van der Waals surface area contributed by atoms with E-state index in [9.17, 15) is 9.18 Å². The third-order valence-electron chi connectivity index (χ3n) is 3.16. The standard InChI is InChI=1S/C16H11ClFN3OS/c17-13-7-11(18)1-2-12(13)16(22)21-8-14-15(20-5-4-19-14)10-3-6-23-9-10/h1-7,9H,8H2,(H,21,22). The molecule has 1 N–H and O–H groups in total. The molecular formula is C16H11ClFN3OS. The number of nitrogens with zero attached hydrogens (tertiary/aromatic N) is 2. The van der Waals surface area contributed by atoms with Crippen molar-refractivity contribution in [2.45, 2.75) is 6.54 Å². The Morgan fingerprint density at radius 3 is 2.83 bits per heavy atom. The molecule has 0 radical (unpaired) electrons. The van der Waals surface area contributed by atoms with Crippen LogP contribution in [0.5, 0.6) is 0 Å². The van der Waals surface area contributed by atoms with E-state index in [1.165, 1.54) is 12.1 Å². The number of hydrogen-bond donors (Lipinski definition) is 1. The van der Waals surface area contributed by atoms with Gasteiger partial charge in [-0.3, -0.25) is 14.8 Å². The fourth-order valence-electron chi connectivity index (χ4n) is 2.07. The van der Waals surface area contributed by atoms with Gasteiger partial charge in [-0.1, -0.05) is 11.6 Å². The molecule has 0 saturated carbocycles. The highest BCUT2D eigenvalue weighted by molar-refractivity contribution is 7.08. The van der Waals surface area contributed by atoms with Gasteiger partial charge in [0.05, 0.1) is 28.5 Å². The smallest absolute Gasteiger partial charge is 0.253 e. The van der Waals surface area contributed by atoms with Crippen molar-refractivity contribution < 1.29 is 9.18 Å². The topological polar surface area (TPSA) is 54.9 Å². The summed E-state index contributed by atoms with van der Waals surface area (Å²) < 4.78 is 13.0. The maximum atomic E-state index is 13.0. The van der Waals surface area contributed by atoms with Crippen molar-refractivity contribution in [2.75, 3.05) is 0 Å². The predicted molar refractivity (Wildman–Crippen MR) is 87.9 cm³/mol. The second-order valence-electron chi connectivity index (χ2n) is 4.67. The molecule has 0 bridgehead atoms. The minimum Gasteiger partial charge on any atom is -0.346 e. The normalized spacial score (nSPS) is 10.5. The van der Waals surface area contributed by atoms with Gasteiger partial charge in [0.2, 0.25) is 0 Å². The lowest BCUT2D eigenvalue weighted by Crippen LogP contribution is -2.24. The van der Waals surface area contributed by atoms with Crippen LogP contribution >= 0.6 is 22.9 Å². The van der Waals surface area contributed by atoms with Gasteiger partial charge in [0, 0.05) is 23.3 Å². The van der Waals surface area contributed by atoms with Gasteiger partial charge in [-0.15, -0.1) is 0 Å². The van der Waals surface area contributed by atoms with E-state index >= 15 is 0 Å². The molecule has 1 aromatic carbocycles. The molecule has 0 atom stereocenters. The zero-order chi connectivity index (χ0) is 16.2. The molecule has 116 valence electrons. The molecule has 0 aliphatic heterocycles. The molecule has 4 nitrogen and oxygen atoms in total. The van der Waals surface area contributed by atoms with Crippen LogP contribution in [0.1, 0.15) is 16.1 Å². The zero-order valence-corrected chi connectivity index (χ0v) is 13.4. The van der Waals surface area contributed by atoms with Crippen LogP contribution in [0.3, 0.4) is 0 Å². The number of amides is 1. The van der Waals surface area contributed by atoms with E-state index in [1.807, 2.05) is 16.8 Å². The van der Waals surface area contributed by atoms with Crippen LogP contribution in [0.15, 0.2) is 47.4 Å². The summed E-state index contributed by atoms with van der Waals surface area (Å²) in [4.78, 5) is 20.8. The SMILES string of the molecule is O=C(NCc1nccnc1-c1ccsc1)c1ccc(F)cc1Cl. The van der Waals surface area contributed by atoms with E-state index in [-0.39, 0.29) is 17.1 Å². The van der Waals surface area contributed by atoms with E-state index < -0.39 is 11.7 Å². The van der Waals surface area contributed by atoms with Crippen molar-refractivity contribution in [1.29, 1.82) is 0 Å². The largest absolute Gasteiger partial charge is 0.346 e. The average Bonchev–Trinajstić information content (AvgIpc) is 3.07. The maximum Gasteiger partial charge on any atom is 0.253 e. The Bertz CT molecular complexity index is 839. The number of rotatable bonds is 4. The third-order valence-corrected chi connectivity index (χ3v) is 4.16. The average molecular weight is 348 g/mol. The zero-order valence-electron chi connectivity index (χ0n) is 11.8. The Labute approximate surface area is 141 Å². The summed E-state index contributed by atoms with van der Waals surface area (Å²) in [6, 6.07) is 5.59. The van der Waals surface area contributed by atoms with Crippen molar-refractivity contribution in [1.82, 2.24) is 15.3 Å². The van der Waals surface area contributed by atoms with Gasteiger partial charge in [-0.2, -0.15) is 11.3 Å². The predicted octanol–water partition coefficient (Wildman–Crippen LogP) is 3.93. The molecule has 0 saturated heterocycles. The number of hydrogen-bond acceptors (Lipinski definition) is 4. The summed E-state index contributed by atoms with van der Waals surface area (Å²) in [5, 5.41) is 6.72. The fraction of sp³-hybridized carbons (Fsp3) is 0.0625. The van der Waals surface area contributed by atoms with Gasteiger partial charge in [-0.05, 0) is 29.6 Å². The molecule has 2 heterocycles. The summed E-state index contributed by atoms with van der Waals surface area (Å²) >= 11 is 7.45. The van der Waals surface area contributed by atoms with Crippen LogP contribution in [0.2, 0.25) is 5.02 Å². The minimum atomic E-state index is -0.486. The number of halogens is 2. The Morgan fingerprint density at radius 2 is 2.09 bits per heavy atom. The summed E-state index contributed by atoms with van der Waals surface area (Å²) in [6.07, 6.45) is 3.18. The number of carbonyl (C=O) groups is 1. The highest BCUT2D eigenvalue weighted by Gasteiger charge is 2.13. The molecule has 3 rings (SSSR count). The molecule has 2 aromatic heterocycles. The summed E-state index contributed by atoms with van der Waals surface area (Å²) in [6.45, 7) is 0.200. The minimum absolute atomic E-state index is 0.0692. The monoisotopic (exact) mass is 347 g/mol. The molecule has 23 heavy (non-hydrogen) atoms. The van der Waals surface area contributed by atoms with Crippen LogP contribution in [-0.4, -0.2) is 15.9 Å². The molecule has 0 aliphatic carbocycles. The van der Waals surface area contributed by atoms with Crippen LogP contribution in [-0.2, 0) is 6.54 Å². The number of thiophene rings is 1. The van der Waals surface area contributed by atoms with Crippen molar-refractivity contribution in [3.05, 3.63) is 69.5 Å². The molecule has 3 aromatic rings. The molecule has 0 aliphatic rings. The second kappa shape index (κ2) is 6.85. The Morgan fingerprint density at radius 1 is 1.26 bits per heavy atom. The molecule has 7 heteroatoms. The van der Waals surface area contributed by atoms with Gasteiger partial charge in [0.1, 0.15) is 5.82 Å². The van der Waals surface area contributed by atoms with Crippen molar-refractivity contribution in [3.63, 3.8) is 0 Å². The van der Waals surface area contributed by atoms with Crippen molar-refractivity contribution in [2.24, 2.45) is 0 Å². The first-order chi connectivity index (χ1) is 11.1.